The number of pyridine rings is 1. The molecule has 20 heavy (non-hydrogen) atoms. The molecule has 0 radical (unpaired) electrons. The molecule has 2 N–H and O–H groups in total. The van der Waals surface area contributed by atoms with E-state index in [4.69, 9.17) is 5.11 Å². The number of benzene rings is 1. The van der Waals surface area contributed by atoms with Crippen LogP contribution in [0.25, 0.3) is 0 Å². The second-order valence-corrected chi connectivity index (χ2v) is 4.06. The van der Waals surface area contributed by atoms with Crippen LogP contribution in [0.4, 0.5) is 24.5 Å². The van der Waals surface area contributed by atoms with Crippen LogP contribution in [-0.2, 0) is 0 Å². The average Bonchev–Trinajstić information content (AvgIpc) is 2.35. The van der Waals surface area contributed by atoms with Gasteiger partial charge in [0, 0.05) is 29.7 Å². The van der Waals surface area contributed by atoms with Crippen LogP contribution in [-0.4, -0.2) is 16.1 Å². The number of carboxylic acids is 1. The fourth-order valence-corrected chi connectivity index (χ4v) is 1.62. The lowest BCUT2D eigenvalue weighted by Crippen LogP contribution is -2.05. The molecule has 7 heteroatoms. The van der Waals surface area contributed by atoms with Crippen LogP contribution in [0.15, 0.2) is 24.4 Å². The molecule has 2 aromatic rings. The van der Waals surface area contributed by atoms with Gasteiger partial charge in [-0.25, -0.2) is 18.0 Å². The van der Waals surface area contributed by atoms with E-state index in [2.05, 4.69) is 10.3 Å². The molecule has 1 heterocycles. The number of nitrogens with one attached hydrogen (secondary N) is 1. The van der Waals surface area contributed by atoms with E-state index in [-0.39, 0.29) is 16.9 Å². The molecule has 104 valence electrons. The molecular weight excluding hydrogens is 273 g/mol. The monoisotopic (exact) mass is 282 g/mol. The first-order valence-electron chi connectivity index (χ1n) is 5.50. The highest BCUT2D eigenvalue weighted by molar-refractivity contribution is 5.94. The van der Waals surface area contributed by atoms with Crippen molar-refractivity contribution in [1.29, 1.82) is 0 Å². The maximum Gasteiger partial charge on any atom is 0.339 e. The van der Waals surface area contributed by atoms with Crippen LogP contribution in [0.5, 0.6) is 0 Å². The van der Waals surface area contributed by atoms with Gasteiger partial charge in [-0.2, -0.15) is 0 Å². The number of anilines is 2. The van der Waals surface area contributed by atoms with Gasteiger partial charge in [0.25, 0.3) is 0 Å². The summed E-state index contributed by atoms with van der Waals surface area (Å²) in [6.45, 7) is 1.63. The fraction of sp³-hybridized carbons (Fsp3) is 0.0769. The summed E-state index contributed by atoms with van der Waals surface area (Å²) in [6, 6.07) is 2.88. The maximum atomic E-state index is 13.1. The van der Waals surface area contributed by atoms with Crippen molar-refractivity contribution in [3.8, 4) is 0 Å². The molecule has 0 saturated heterocycles. The van der Waals surface area contributed by atoms with Crippen molar-refractivity contribution in [1.82, 2.24) is 4.98 Å². The molecule has 0 amide bonds. The van der Waals surface area contributed by atoms with Gasteiger partial charge in [0.1, 0.15) is 5.56 Å². The molecule has 0 aliphatic rings. The van der Waals surface area contributed by atoms with Gasteiger partial charge in [0.05, 0.1) is 5.69 Å². The minimum absolute atomic E-state index is 0.102. The van der Waals surface area contributed by atoms with Crippen LogP contribution < -0.4 is 5.32 Å². The first-order valence-corrected chi connectivity index (χ1v) is 5.50. The van der Waals surface area contributed by atoms with E-state index in [0.29, 0.717) is 5.69 Å². The summed E-state index contributed by atoms with van der Waals surface area (Å²) in [5.74, 6) is -5.56. The van der Waals surface area contributed by atoms with E-state index in [1.807, 2.05) is 0 Å². The summed E-state index contributed by atoms with van der Waals surface area (Å²) >= 11 is 0. The van der Waals surface area contributed by atoms with Crippen LogP contribution in [0, 0.1) is 24.4 Å². The summed E-state index contributed by atoms with van der Waals surface area (Å²) in [7, 11) is 0. The molecular formula is C13H9F3N2O2. The normalized spacial score (nSPS) is 10.4. The lowest BCUT2D eigenvalue weighted by atomic mass is 10.2. The number of hydrogen-bond acceptors (Lipinski definition) is 3. The molecule has 0 aliphatic heterocycles. The zero-order valence-electron chi connectivity index (χ0n) is 10.2. The van der Waals surface area contributed by atoms with Gasteiger partial charge in [0.2, 0.25) is 0 Å². The molecule has 1 aromatic heterocycles. The minimum atomic E-state index is -1.58. The predicted molar refractivity (Wildman–Crippen MR) is 65.5 cm³/mol. The molecule has 0 fully saturated rings. The van der Waals surface area contributed by atoms with E-state index in [9.17, 15) is 18.0 Å². The third-order valence-corrected chi connectivity index (χ3v) is 2.53. The number of aromatic nitrogens is 1. The second-order valence-electron chi connectivity index (χ2n) is 4.06. The van der Waals surface area contributed by atoms with Crippen LogP contribution >= 0.6 is 0 Å². The third-order valence-electron chi connectivity index (χ3n) is 2.53. The zero-order valence-corrected chi connectivity index (χ0v) is 10.2. The standard InChI is InChI=1S/C13H9F3N2O2/c1-6-2-11(8(5-17-6)13(19)20)18-7-3-9(14)12(16)10(15)4-7/h2-5H,1H3,(H,17,18)(H,19,20). The number of nitrogens with zero attached hydrogens (tertiary/aromatic N) is 1. The van der Waals surface area contributed by atoms with Crippen molar-refractivity contribution >= 4 is 17.3 Å². The molecule has 0 bridgehead atoms. The number of aromatic carboxylic acids is 1. The summed E-state index contributed by atoms with van der Waals surface area (Å²) < 4.78 is 39.0. The van der Waals surface area contributed by atoms with Crippen molar-refractivity contribution < 1.29 is 23.1 Å². The molecule has 0 aliphatic carbocycles. The Bertz CT molecular complexity index is 666. The first kappa shape index (κ1) is 13.9. The van der Waals surface area contributed by atoms with Crippen LogP contribution in [0.1, 0.15) is 16.1 Å². The fourth-order valence-electron chi connectivity index (χ4n) is 1.62. The van der Waals surface area contributed by atoms with Crippen molar-refractivity contribution in [2.24, 2.45) is 0 Å². The Morgan fingerprint density at radius 1 is 1.20 bits per heavy atom. The highest BCUT2D eigenvalue weighted by Gasteiger charge is 2.14. The summed E-state index contributed by atoms with van der Waals surface area (Å²) in [5.41, 5.74) is 0.353. The number of hydrogen-bond donors (Lipinski definition) is 2. The van der Waals surface area contributed by atoms with E-state index in [1.54, 1.807) is 6.92 Å². The molecule has 0 spiro atoms. The predicted octanol–water partition coefficient (Wildman–Crippen LogP) is 3.25. The van der Waals surface area contributed by atoms with Gasteiger partial charge in [0.15, 0.2) is 17.5 Å². The Balaban J connectivity index is 2.44. The number of halogens is 3. The Morgan fingerprint density at radius 2 is 1.80 bits per heavy atom. The second kappa shape index (κ2) is 5.20. The summed E-state index contributed by atoms with van der Waals surface area (Å²) in [5, 5.41) is 11.5. The van der Waals surface area contributed by atoms with Crippen molar-refractivity contribution in [3.63, 3.8) is 0 Å². The van der Waals surface area contributed by atoms with Crippen LogP contribution in [0.3, 0.4) is 0 Å². The molecule has 1 aromatic carbocycles. The lowest BCUT2D eigenvalue weighted by Gasteiger charge is -2.10. The van der Waals surface area contributed by atoms with E-state index in [1.165, 1.54) is 6.07 Å². The average molecular weight is 282 g/mol. The number of carbonyl (C=O) groups is 1. The molecule has 0 atom stereocenters. The highest BCUT2D eigenvalue weighted by Crippen LogP contribution is 2.24. The Labute approximate surface area is 111 Å². The van der Waals surface area contributed by atoms with E-state index >= 15 is 0 Å². The summed E-state index contributed by atoms with van der Waals surface area (Å²) in [6.07, 6.45) is 1.12. The van der Waals surface area contributed by atoms with Gasteiger partial charge in [-0.15, -0.1) is 0 Å². The Morgan fingerprint density at radius 3 is 2.35 bits per heavy atom. The van der Waals surface area contributed by atoms with Crippen LogP contribution in [0.2, 0.25) is 0 Å². The highest BCUT2D eigenvalue weighted by atomic mass is 19.2. The molecule has 2 rings (SSSR count). The van der Waals surface area contributed by atoms with Gasteiger partial charge in [-0.1, -0.05) is 0 Å². The zero-order chi connectivity index (χ0) is 14.9. The quantitative estimate of drug-likeness (QED) is 0.848. The van der Waals surface area contributed by atoms with Gasteiger partial charge in [-0.05, 0) is 13.0 Å². The molecule has 4 nitrogen and oxygen atoms in total. The Kier molecular flexibility index (Phi) is 3.60. The summed E-state index contributed by atoms with van der Waals surface area (Å²) in [4.78, 5) is 14.8. The van der Waals surface area contributed by atoms with Crippen molar-refractivity contribution in [3.05, 3.63) is 53.1 Å². The third kappa shape index (κ3) is 2.71. The first-order chi connectivity index (χ1) is 9.38. The van der Waals surface area contributed by atoms with E-state index < -0.39 is 23.4 Å². The molecule has 0 unspecified atom stereocenters. The SMILES string of the molecule is Cc1cc(Nc2cc(F)c(F)c(F)c2)c(C(=O)O)cn1. The molecule has 0 saturated carbocycles. The maximum absolute atomic E-state index is 13.1. The number of aryl methyl sites for hydroxylation is 1. The Hall–Kier alpha value is -2.57. The number of carboxylic acid groups (broad SMARTS) is 1. The topological polar surface area (TPSA) is 62.2 Å². The van der Waals surface area contributed by atoms with Gasteiger partial charge >= 0.3 is 5.97 Å². The van der Waals surface area contributed by atoms with Crippen molar-refractivity contribution in [2.75, 3.05) is 5.32 Å². The lowest BCUT2D eigenvalue weighted by molar-refractivity contribution is 0.0697. The van der Waals surface area contributed by atoms with Crippen molar-refractivity contribution in [2.45, 2.75) is 6.92 Å². The largest absolute Gasteiger partial charge is 0.478 e. The van der Waals surface area contributed by atoms with E-state index in [0.717, 1.165) is 18.3 Å². The van der Waals surface area contributed by atoms with Gasteiger partial charge < -0.3 is 10.4 Å². The minimum Gasteiger partial charge on any atom is -0.478 e. The number of rotatable bonds is 3. The smallest absolute Gasteiger partial charge is 0.339 e. The van der Waals surface area contributed by atoms with Gasteiger partial charge in [-0.3, -0.25) is 4.98 Å².